The SMILES string of the molecule is CC1CCC(CN2CCC[C@H]2C2NC(C3CCC(N(C)C)NC3)NO2)CC1. The van der Waals surface area contributed by atoms with Gasteiger partial charge in [0.25, 0.3) is 0 Å². The van der Waals surface area contributed by atoms with Gasteiger partial charge < -0.3 is 5.32 Å². The number of hydrogen-bond acceptors (Lipinski definition) is 6. The van der Waals surface area contributed by atoms with Crippen molar-refractivity contribution in [2.75, 3.05) is 33.7 Å². The molecule has 4 unspecified atom stereocenters. The van der Waals surface area contributed by atoms with E-state index in [-0.39, 0.29) is 12.4 Å². The van der Waals surface area contributed by atoms with Crippen molar-refractivity contribution in [2.45, 2.75) is 82.9 Å². The molecule has 4 rings (SSSR count). The topological polar surface area (TPSA) is 51.8 Å². The maximum atomic E-state index is 6.07. The summed E-state index contributed by atoms with van der Waals surface area (Å²) in [6.07, 6.45) is 11.7. The fraction of sp³-hybridized carbons (Fsp3) is 1.00. The molecular formula is C21H41N5O. The highest BCUT2D eigenvalue weighted by Crippen LogP contribution is 2.32. The van der Waals surface area contributed by atoms with Crippen LogP contribution in [0.25, 0.3) is 0 Å². The highest BCUT2D eigenvalue weighted by Gasteiger charge is 2.41. The van der Waals surface area contributed by atoms with E-state index in [1.165, 1.54) is 64.5 Å². The van der Waals surface area contributed by atoms with Gasteiger partial charge in [0.15, 0.2) is 0 Å². The minimum atomic E-state index is 0.145. The molecule has 3 saturated heterocycles. The lowest BCUT2D eigenvalue weighted by Gasteiger charge is -2.36. The van der Waals surface area contributed by atoms with Crippen molar-refractivity contribution in [3.63, 3.8) is 0 Å². The highest BCUT2D eigenvalue weighted by atomic mass is 16.7. The predicted molar refractivity (Wildman–Crippen MR) is 109 cm³/mol. The van der Waals surface area contributed by atoms with Crippen LogP contribution in [0.15, 0.2) is 0 Å². The van der Waals surface area contributed by atoms with Crippen LogP contribution >= 0.6 is 0 Å². The average Bonchev–Trinajstić information content (AvgIpc) is 3.33. The molecule has 0 amide bonds. The molecule has 3 N–H and O–H groups in total. The second-order valence-electron chi connectivity index (χ2n) is 9.86. The fourth-order valence-corrected chi connectivity index (χ4v) is 5.67. The third-order valence-electron chi connectivity index (χ3n) is 7.58. The Hall–Kier alpha value is -0.240. The Morgan fingerprint density at radius 3 is 2.56 bits per heavy atom. The first-order valence-electron chi connectivity index (χ1n) is 11.4. The summed E-state index contributed by atoms with van der Waals surface area (Å²) in [5.41, 5.74) is 3.34. The molecule has 6 heteroatoms. The summed E-state index contributed by atoms with van der Waals surface area (Å²) in [4.78, 5) is 11.1. The fourth-order valence-electron chi connectivity index (χ4n) is 5.67. The zero-order valence-electron chi connectivity index (χ0n) is 17.6. The molecule has 0 bridgehead atoms. The summed E-state index contributed by atoms with van der Waals surface area (Å²) in [6.45, 7) is 5.99. The third-order valence-corrected chi connectivity index (χ3v) is 7.58. The van der Waals surface area contributed by atoms with Crippen LogP contribution in [0.2, 0.25) is 0 Å². The molecule has 1 saturated carbocycles. The Morgan fingerprint density at radius 2 is 1.85 bits per heavy atom. The number of hydroxylamine groups is 1. The van der Waals surface area contributed by atoms with Crippen molar-refractivity contribution in [3.8, 4) is 0 Å². The van der Waals surface area contributed by atoms with Gasteiger partial charge >= 0.3 is 0 Å². The third kappa shape index (κ3) is 4.85. The van der Waals surface area contributed by atoms with Gasteiger partial charge in [-0.15, -0.1) is 0 Å². The van der Waals surface area contributed by atoms with E-state index in [1.807, 2.05) is 0 Å². The smallest absolute Gasteiger partial charge is 0.146 e. The lowest BCUT2D eigenvalue weighted by molar-refractivity contribution is -0.0275. The molecule has 6 nitrogen and oxygen atoms in total. The van der Waals surface area contributed by atoms with Crippen molar-refractivity contribution >= 4 is 0 Å². The molecule has 5 atom stereocenters. The minimum absolute atomic E-state index is 0.145. The summed E-state index contributed by atoms with van der Waals surface area (Å²) in [5.74, 6) is 2.44. The average molecular weight is 380 g/mol. The zero-order chi connectivity index (χ0) is 18.8. The summed E-state index contributed by atoms with van der Waals surface area (Å²) in [6, 6.07) is 0.535. The largest absolute Gasteiger partial charge is 0.301 e. The molecule has 0 aromatic heterocycles. The molecule has 1 aliphatic carbocycles. The Kier molecular flexibility index (Phi) is 6.72. The summed E-state index contributed by atoms with van der Waals surface area (Å²) in [5, 5.41) is 7.47. The van der Waals surface area contributed by atoms with E-state index in [2.05, 4.69) is 46.9 Å². The van der Waals surface area contributed by atoms with Gasteiger partial charge in [-0.2, -0.15) is 5.48 Å². The number of hydrogen-bond donors (Lipinski definition) is 3. The van der Waals surface area contributed by atoms with E-state index in [9.17, 15) is 0 Å². The van der Waals surface area contributed by atoms with Gasteiger partial charge in [-0.3, -0.25) is 20.0 Å². The lowest BCUT2D eigenvalue weighted by atomic mass is 9.82. The van der Waals surface area contributed by atoms with Gasteiger partial charge in [0.05, 0.1) is 18.4 Å². The quantitative estimate of drug-likeness (QED) is 0.679. The normalized spacial score (nSPS) is 44.2. The van der Waals surface area contributed by atoms with Crippen molar-refractivity contribution in [1.29, 1.82) is 0 Å². The first-order chi connectivity index (χ1) is 13.1. The van der Waals surface area contributed by atoms with Crippen molar-refractivity contribution in [1.82, 2.24) is 25.9 Å². The molecule has 156 valence electrons. The van der Waals surface area contributed by atoms with E-state index >= 15 is 0 Å². The number of piperidine rings is 1. The van der Waals surface area contributed by atoms with Crippen molar-refractivity contribution < 1.29 is 4.84 Å². The number of nitrogens with one attached hydrogen (secondary N) is 3. The highest BCUT2D eigenvalue weighted by molar-refractivity contribution is 4.92. The molecule has 0 aromatic rings. The van der Waals surface area contributed by atoms with E-state index in [1.54, 1.807) is 0 Å². The van der Waals surface area contributed by atoms with Crippen LogP contribution in [0.1, 0.15) is 58.3 Å². The van der Waals surface area contributed by atoms with Gasteiger partial charge in [-0.05, 0) is 71.0 Å². The Bertz CT molecular complexity index is 459. The van der Waals surface area contributed by atoms with Gasteiger partial charge in [0, 0.05) is 19.0 Å². The monoisotopic (exact) mass is 379 g/mol. The number of nitrogens with zero attached hydrogens (tertiary/aromatic N) is 2. The number of rotatable bonds is 5. The van der Waals surface area contributed by atoms with E-state index in [0.29, 0.717) is 18.1 Å². The standard InChI is InChI=1S/C21H41N5O/c1-15-6-8-16(9-7-15)14-26-12-4-5-18(26)21-23-20(24-27-21)17-10-11-19(22-13-17)25(2)3/h15-24H,4-14H2,1-3H3/t15?,16?,17?,18-,19?,20?,21?/m0/s1. The second kappa shape index (κ2) is 9.06. The van der Waals surface area contributed by atoms with Crippen LogP contribution in [0.5, 0.6) is 0 Å². The first kappa shape index (κ1) is 20.0. The second-order valence-corrected chi connectivity index (χ2v) is 9.86. The van der Waals surface area contributed by atoms with Crippen LogP contribution in [0, 0.1) is 17.8 Å². The molecule has 4 aliphatic rings. The first-order valence-corrected chi connectivity index (χ1v) is 11.4. The van der Waals surface area contributed by atoms with Crippen LogP contribution < -0.4 is 16.1 Å². The molecule has 0 spiro atoms. The van der Waals surface area contributed by atoms with E-state index < -0.39 is 0 Å². The van der Waals surface area contributed by atoms with Gasteiger partial charge in [0.1, 0.15) is 6.23 Å². The molecule has 3 heterocycles. The summed E-state index contributed by atoms with van der Waals surface area (Å²) in [7, 11) is 4.32. The predicted octanol–water partition coefficient (Wildman–Crippen LogP) is 1.94. The molecular weight excluding hydrogens is 338 g/mol. The Morgan fingerprint density at radius 1 is 1.04 bits per heavy atom. The molecule has 0 radical (unpaired) electrons. The van der Waals surface area contributed by atoms with Gasteiger partial charge in [-0.25, -0.2) is 0 Å². The zero-order valence-corrected chi connectivity index (χ0v) is 17.6. The van der Waals surface area contributed by atoms with Crippen LogP contribution in [0.3, 0.4) is 0 Å². The summed E-state index contributed by atoms with van der Waals surface area (Å²) < 4.78 is 0. The summed E-state index contributed by atoms with van der Waals surface area (Å²) >= 11 is 0. The Labute approximate surface area is 165 Å². The lowest BCUT2D eigenvalue weighted by Crippen LogP contribution is -2.54. The maximum Gasteiger partial charge on any atom is 0.146 e. The van der Waals surface area contributed by atoms with Crippen molar-refractivity contribution in [3.05, 3.63) is 0 Å². The van der Waals surface area contributed by atoms with Gasteiger partial charge in [-0.1, -0.05) is 19.8 Å². The maximum absolute atomic E-state index is 6.07. The van der Waals surface area contributed by atoms with Crippen LogP contribution in [-0.2, 0) is 4.84 Å². The van der Waals surface area contributed by atoms with E-state index in [0.717, 1.165) is 18.4 Å². The minimum Gasteiger partial charge on any atom is -0.301 e. The molecule has 3 aliphatic heterocycles. The molecule has 0 aromatic carbocycles. The van der Waals surface area contributed by atoms with Crippen LogP contribution in [0.4, 0.5) is 0 Å². The molecule has 27 heavy (non-hydrogen) atoms. The Balaban J connectivity index is 1.25. The molecule has 4 fully saturated rings. The van der Waals surface area contributed by atoms with Crippen LogP contribution in [-0.4, -0.2) is 68.1 Å². The number of likely N-dealkylation sites (tertiary alicyclic amines) is 1. The van der Waals surface area contributed by atoms with Crippen molar-refractivity contribution in [2.24, 2.45) is 17.8 Å². The van der Waals surface area contributed by atoms with Gasteiger partial charge in [0.2, 0.25) is 0 Å². The van der Waals surface area contributed by atoms with E-state index in [4.69, 9.17) is 4.84 Å².